The standard InChI is InChI=1S/C15H21F2O4P/c1-2-3-6-15(16,17)13(18)5-4-9-10-7-14(19)20-11(10)8-12(9)21-22/h4-5,9-12H,2-3,6-8,22H2,1H3/b5-4+/t9-,10?,11?,12?/m1/s1. The summed E-state index contributed by atoms with van der Waals surface area (Å²) < 4.78 is 37.8. The first kappa shape index (κ1) is 17.5. The molecule has 2 aliphatic rings. The number of esters is 1. The molecule has 1 heterocycles. The third-order valence-electron chi connectivity index (χ3n) is 4.40. The Bertz CT molecular complexity index is 466. The summed E-state index contributed by atoms with van der Waals surface area (Å²) in [7, 11) is 2.15. The van der Waals surface area contributed by atoms with Crippen LogP contribution in [0.2, 0.25) is 0 Å². The Balaban J connectivity index is 2.03. The number of allylic oxidation sites excluding steroid dienone is 1. The lowest BCUT2D eigenvalue weighted by Crippen LogP contribution is -2.27. The maximum Gasteiger partial charge on any atom is 0.309 e. The third-order valence-corrected chi connectivity index (χ3v) is 4.75. The Morgan fingerprint density at radius 1 is 1.55 bits per heavy atom. The molecule has 0 aromatic rings. The number of carbonyl (C=O) groups excluding carboxylic acids is 2. The highest BCUT2D eigenvalue weighted by molar-refractivity contribution is 7.09. The van der Waals surface area contributed by atoms with Crippen LogP contribution in [-0.2, 0) is 18.8 Å². The molecule has 0 spiro atoms. The molecule has 5 atom stereocenters. The zero-order valence-corrected chi connectivity index (χ0v) is 13.6. The quantitative estimate of drug-likeness (QED) is 0.408. The van der Waals surface area contributed by atoms with Gasteiger partial charge in [0.25, 0.3) is 0 Å². The van der Waals surface area contributed by atoms with E-state index >= 15 is 0 Å². The van der Waals surface area contributed by atoms with Gasteiger partial charge in [-0.3, -0.25) is 9.59 Å². The summed E-state index contributed by atoms with van der Waals surface area (Å²) in [6.07, 6.45) is 3.16. The van der Waals surface area contributed by atoms with Crippen LogP contribution in [0.5, 0.6) is 0 Å². The second kappa shape index (κ2) is 7.14. The van der Waals surface area contributed by atoms with Gasteiger partial charge in [0.05, 0.1) is 12.5 Å². The van der Waals surface area contributed by atoms with Gasteiger partial charge in [0.15, 0.2) is 0 Å². The van der Waals surface area contributed by atoms with E-state index in [9.17, 15) is 18.4 Å². The predicted octanol–water partition coefficient (Wildman–Crippen LogP) is 3.06. The molecule has 0 aromatic heterocycles. The van der Waals surface area contributed by atoms with Crippen molar-refractivity contribution in [1.29, 1.82) is 0 Å². The number of hydrogen-bond acceptors (Lipinski definition) is 4. The van der Waals surface area contributed by atoms with E-state index < -0.39 is 18.1 Å². The number of fused-ring (bicyclic) bond motifs is 1. The molecule has 0 N–H and O–H groups in total. The van der Waals surface area contributed by atoms with Gasteiger partial charge in [-0.1, -0.05) is 19.4 Å². The lowest BCUT2D eigenvalue weighted by atomic mass is 9.91. The molecule has 7 heteroatoms. The van der Waals surface area contributed by atoms with Gasteiger partial charge in [-0.2, -0.15) is 8.78 Å². The van der Waals surface area contributed by atoms with E-state index in [1.807, 2.05) is 0 Å². The largest absolute Gasteiger partial charge is 0.462 e. The minimum Gasteiger partial charge on any atom is -0.462 e. The van der Waals surface area contributed by atoms with Crippen molar-refractivity contribution in [2.75, 3.05) is 0 Å². The van der Waals surface area contributed by atoms with Crippen LogP contribution >= 0.6 is 9.47 Å². The Morgan fingerprint density at radius 3 is 2.91 bits per heavy atom. The number of ketones is 1. The fourth-order valence-corrected chi connectivity index (χ4v) is 3.44. The summed E-state index contributed by atoms with van der Waals surface area (Å²) in [5.74, 6) is -5.16. The molecule has 0 aromatic carbocycles. The minimum absolute atomic E-state index is 0.105. The van der Waals surface area contributed by atoms with E-state index in [4.69, 9.17) is 9.26 Å². The second-order valence-corrected chi connectivity index (χ2v) is 6.19. The molecule has 1 saturated carbocycles. The molecule has 22 heavy (non-hydrogen) atoms. The van der Waals surface area contributed by atoms with E-state index in [0.717, 1.165) is 6.08 Å². The topological polar surface area (TPSA) is 52.6 Å². The Labute approximate surface area is 130 Å². The normalized spacial score (nSPS) is 31.5. The van der Waals surface area contributed by atoms with Crippen LogP contribution in [0.1, 0.15) is 39.0 Å². The monoisotopic (exact) mass is 334 g/mol. The van der Waals surface area contributed by atoms with E-state index in [2.05, 4.69) is 9.47 Å². The molecule has 1 aliphatic heterocycles. The van der Waals surface area contributed by atoms with Gasteiger partial charge in [0.1, 0.15) is 6.10 Å². The van der Waals surface area contributed by atoms with Crippen LogP contribution < -0.4 is 0 Å². The van der Waals surface area contributed by atoms with Crippen molar-refractivity contribution in [3.8, 4) is 0 Å². The summed E-state index contributed by atoms with van der Waals surface area (Å²) >= 11 is 0. The van der Waals surface area contributed by atoms with Crippen molar-refractivity contribution in [2.24, 2.45) is 11.8 Å². The van der Waals surface area contributed by atoms with Crippen LogP contribution in [0.25, 0.3) is 0 Å². The van der Waals surface area contributed by atoms with Crippen LogP contribution in [0, 0.1) is 11.8 Å². The smallest absolute Gasteiger partial charge is 0.309 e. The van der Waals surface area contributed by atoms with Gasteiger partial charge in [-0.25, -0.2) is 0 Å². The number of halogens is 2. The third kappa shape index (κ3) is 3.72. The van der Waals surface area contributed by atoms with E-state index in [-0.39, 0.29) is 36.4 Å². The SMILES string of the molecule is CCCCC(F)(F)C(=O)/C=C/[C@H]1C(OP)CC2OC(=O)CC21. The first-order valence-corrected chi connectivity index (χ1v) is 8.01. The van der Waals surface area contributed by atoms with Crippen molar-refractivity contribution >= 4 is 21.2 Å². The van der Waals surface area contributed by atoms with Gasteiger partial charge < -0.3 is 9.26 Å². The van der Waals surface area contributed by atoms with E-state index in [1.165, 1.54) is 6.08 Å². The molecule has 4 unspecified atom stereocenters. The van der Waals surface area contributed by atoms with Gasteiger partial charge >= 0.3 is 11.9 Å². The summed E-state index contributed by atoms with van der Waals surface area (Å²) in [4.78, 5) is 23.0. The van der Waals surface area contributed by atoms with Crippen molar-refractivity contribution in [3.63, 3.8) is 0 Å². The Morgan fingerprint density at radius 2 is 2.27 bits per heavy atom. The number of rotatable bonds is 7. The van der Waals surface area contributed by atoms with Crippen molar-refractivity contribution in [2.45, 2.75) is 57.2 Å². The van der Waals surface area contributed by atoms with Crippen molar-refractivity contribution in [3.05, 3.63) is 12.2 Å². The fourth-order valence-electron chi connectivity index (χ4n) is 3.15. The maximum absolute atomic E-state index is 13.7. The molecule has 1 saturated heterocycles. The van der Waals surface area contributed by atoms with Crippen molar-refractivity contribution in [1.82, 2.24) is 0 Å². The maximum atomic E-state index is 13.7. The summed E-state index contributed by atoms with van der Waals surface area (Å²) in [5, 5.41) is 0. The lowest BCUT2D eigenvalue weighted by Gasteiger charge is -2.18. The number of unbranched alkanes of at least 4 members (excludes halogenated alkanes) is 1. The Hall–Kier alpha value is -0.870. The minimum atomic E-state index is -3.33. The number of alkyl halides is 2. The molecule has 124 valence electrons. The Kier molecular flexibility index (Phi) is 5.67. The molecular formula is C15H21F2O4P. The summed E-state index contributed by atoms with van der Waals surface area (Å²) in [6.45, 7) is 1.80. The fraction of sp³-hybridized carbons (Fsp3) is 0.733. The molecular weight excluding hydrogens is 313 g/mol. The lowest BCUT2D eigenvalue weighted by molar-refractivity contribution is -0.141. The summed E-state index contributed by atoms with van der Waals surface area (Å²) in [6, 6.07) is 0. The summed E-state index contributed by atoms with van der Waals surface area (Å²) in [5.41, 5.74) is 0. The highest BCUT2D eigenvalue weighted by atomic mass is 31.0. The molecule has 1 aliphatic carbocycles. The van der Waals surface area contributed by atoms with Crippen molar-refractivity contribution < 1.29 is 27.6 Å². The van der Waals surface area contributed by atoms with Crippen LogP contribution in [0.4, 0.5) is 8.78 Å². The number of carbonyl (C=O) groups is 2. The van der Waals surface area contributed by atoms with Crippen LogP contribution in [-0.4, -0.2) is 29.9 Å². The molecule has 0 amide bonds. The van der Waals surface area contributed by atoms with Gasteiger partial charge in [-0.05, 0) is 12.5 Å². The molecule has 2 fully saturated rings. The zero-order chi connectivity index (χ0) is 16.3. The first-order valence-electron chi connectivity index (χ1n) is 7.54. The van der Waals surface area contributed by atoms with Gasteiger partial charge in [0.2, 0.25) is 5.78 Å². The van der Waals surface area contributed by atoms with Crippen LogP contribution in [0.3, 0.4) is 0 Å². The zero-order valence-electron chi connectivity index (χ0n) is 12.5. The first-order chi connectivity index (χ1) is 10.4. The molecule has 2 rings (SSSR count). The van der Waals surface area contributed by atoms with E-state index in [0.29, 0.717) is 19.3 Å². The highest BCUT2D eigenvalue weighted by Crippen LogP contribution is 2.44. The van der Waals surface area contributed by atoms with Crippen LogP contribution in [0.15, 0.2) is 12.2 Å². The highest BCUT2D eigenvalue weighted by Gasteiger charge is 2.49. The average Bonchev–Trinajstić information content (AvgIpc) is 2.98. The second-order valence-electron chi connectivity index (χ2n) is 5.92. The van der Waals surface area contributed by atoms with Gasteiger partial charge in [0, 0.05) is 34.1 Å². The van der Waals surface area contributed by atoms with E-state index in [1.54, 1.807) is 6.92 Å². The number of ether oxygens (including phenoxy) is 1. The average molecular weight is 334 g/mol. The molecule has 4 nitrogen and oxygen atoms in total. The predicted molar refractivity (Wildman–Crippen MR) is 79.3 cm³/mol. The number of hydrogen-bond donors (Lipinski definition) is 0. The van der Waals surface area contributed by atoms with Gasteiger partial charge in [-0.15, -0.1) is 0 Å². The molecule has 0 bridgehead atoms. The molecule has 0 radical (unpaired) electrons.